The van der Waals surface area contributed by atoms with Crippen LogP contribution in [0, 0.1) is 3.57 Å². The Balaban J connectivity index is 1.70. The predicted molar refractivity (Wildman–Crippen MR) is 129 cm³/mol. The third kappa shape index (κ3) is 6.04. The fourth-order valence-electron chi connectivity index (χ4n) is 2.84. The molecule has 1 N–H and O–H groups in total. The van der Waals surface area contributed by atoms with Gasteiger partial charge in [-0.25, -0.2) is 0 Å². The van der Waals surface area contributed by atoms with E-state index in [4.69, 9.17) is 18.9 Å². The van der Waals surface area contributed by atoms with Crippen molar-refractivity contribution in [2.75, 3.05) is 25.6 Å². The molecule has 0 unspecified atom stereocenters. The zero-order chi connectivity index (χ0) is 22.2. The van der Waals surface area contributed by atoms with E-state index in [-0.39, 0.29) is 5.91 Å². The topological polar surface area (TPSA) is 66.0 Å². The molecule has 0 radical (unpaired) electrons. The summed E-state index contributed by atoms with van der Waals surface area (Å²) >= 11 is 2.15. The number of methoxy groups -OCH3 is 1. The molecule has 7 heteroatoms. The first kappa shape index (κ1) is 22.7. The third-order valence-corrected chi connectivity index (χ3v) is 5.07. The van der Waals surface area contributed by atoms with Crippen molar-refractivity contribution in [3.05, 3.63) is 69.8 Å². The van der Waals surface area contributed by atoms with Gasteiger partial charge in [0, 0.05) is 11.3 Å². The molecule has 3 rings (SSSR count). The zero-order valence-electron chi connectivity index (χ0n) is 17.6. The largest absolute Gasteiger partial charge is 0.497 e. The smallest absolute Gasteiger partial charge is 0.255 e. The van der Waals surface area contributed by atoms with E-state index in [1.54, 1.807) is 43.5 Å². The first-order valence-corrected chi connectivity index (χ1v) is 10.9. The quantitative estimate of drug-likeness (QED) is 0.335. The number of rotatable bonds is 9. The molecule has 0 aromatic heterocycles. The van der Waals surface area contributed by atoms with Crippen LogP contribution < -0.4 is 24.3 Å². The number of amides is 1. The molecule has 0 bridgehead atoms. The number of carbonyl (C=O) groups excluding carboxylic acids is 1. The van der Waals surface area contributed by atoms with Gasteiger partial charge in [0.1, 0.15) is 17.2 Å². The number of carbonyl (C=O) groups is 1. The third-order valence-electron chi connectivity index (χ3n) is 4.27. The number of benzene rings is 3. The predicted octanol–water partition coefficient (Wildman–Crippen LogP) is 6.14. The van der Waals surface area contributed by atoms with Gasteiger partial charge < -0.3 is 24.3 Å². The van der Waals surface area contributed by atoms with Crippen LogP contribution in [0.4, 0.5) is 5.69 Å². The van der Waals surface area contributed by atoms with Gasteiger partial charge in [-0.2, -0.15) is 0 Å². The first-order valence-electron chi connectivity index (χ1n) is 9.86. The summed E-state index contributed by atoms with van der Waals surface area (Å²) in [6.07, 6.45) is 0. The molecule has 0 aliphatic carbocycles. The fourth-order valence-corrected chi connectivity index (χ4v) is 3.59. The fraction of sp³-hybridized carbons (Fsp3) is 0.208. The average Bonchev–Trinajstić information content (AvgIpc) is 2.78. The van der Waals surface area contributed by atoms with Crippen molar-refractivity contribution in [3.8, 4) is 28.7 Å². The van der Waals surface area contributed by atoms with Crippen LogP contribution in [0.1, 0.15) is 24.2 Å². The highest BCUT2D eigenvalue weighted by molar-refractivity contribution is 14.1. The maximum absolute atomic E-state index is 12.8. The molecular weight excluding hydrogens is 509 g/mol. The Kier molecular flexibility index (Phi) is 8.00. The van der Waals surface area contributed by atoms with Gasteiger partial charge in [-0.05, 0) is 97.1 Å². The van der Waals surface area contributed by atoms with Crippen LogP contribution in [-0.4, -0.2) is 26.2 Å². The molecule has 6 nitrogen and oxygen atoms in total. The SMILES string of the molecule is CCOc1cc(C(=O)Nc2ccc(Oc3ccc(OC)cc3)cc2)cc(I)c1OCC. The van der Waals surface area contributed by atoms with E-state index in [0.29, 0.717) is 47.5 Å². The van der Waals surface area contributed by atoms with Crippen molar-refractivity contribution < 1.29 is 23.7 Å². The number of halogens is 1. The van der Waals surface area contributed by atoms with Crippen molar-refractivity contribution in [3.63, 3.8) is 0 Å². The summed E-state index contributed by atoms with van der Waals surface area (Å²) in [4.78, 5) is 12.8. The molecule has 0 aliphatic rings. The molecule has 3 aromatic carbocycles. The Bertz CT molecular complexity index is 1020. The van der Waals surface area contributed by atoms with E-state index in [2.05, 4.69) is 27.9 Å². The van der Waals surface area contributed by atoms with Gasteiger partial charge >= 0.3 is 0 Å². The standard InChI is InChI=1S/C24H24INO5/c1-4-29-22-15-16(14-21(25)23(22)30-5-2)24(27)26-17-6-8-19(9-7-17)31-20-12-10-18(28-3)11-13-20/h6-15H,4-5H2,1-3H3,(H,26,27). The van der Waals surface area contributed by atoms with Crippen molar-refractivity contribution in [2.45, 2.75) is 13.8 Å². The average molecular weight is 533 g/mol. The van der Waals surface area contributed by atoms with Gasteiger partial charge in [0.25, 0.3) is 5.91 Å². The molecule has 0 fully saturated rings. The molecule has 0 spiro atoms. The van der Waals surface area contributed by atoms with Gasteiger partial charge in [0.05, 0.1) is 23.9 Å². The Morgan fingerprint density at radius 1 is 0.871 bits per heavy atom. The summed E-state index contributed by atoms with van der Waals surface area (Å²) in [6.45, 7) is 4.81. The van der Waals surface area contributed by atoms with Crippen molar-refractivity contribution in [1.82, 2.24) is 0 Å². The van der Waals surface area contributed by atoms with Crippen molar-refractivity contribution in [1.29, 1.82) is 0 Å². The van der Waals surface area contributed by atoms with Crippen LogP contribution in [0.2, 0.25) is 0 Å². The number of hydrogen-bond acceptors (Lipinski definition) is 5. The molecule has 162 valence electrons. The van der Waals surface area contributed by atoms with Crippen LogP contribution in [0.25, 0.3) is 0 Å². The maximum Gasteiger partial charge on any atom is 0.255 e. The highest BCUT2D eigenvalue weighted by atomic mass is 127. The number of hydrogen-bond donors (Lipinski definition) is 1. The van der Waals surface area contributed by atoms with E-state index in [9.17, 15) is 4.79 Å². The molecule has 31 heavy (non-hydrogen) atoms. The molecule has 3 aromatic rings. The monoisotopic (exact) mass is 533 g/mol. The van der Waals surface area contributed by atoms with E-state index >= 15 is 0 Å². The van der Waals surface area contributed by atoms with Crippen LogP contribution in [0.3, 0.4) is 0 Å². The summed E-state index contributed by atoms with van der Waals surface area (Å²) in [6, 6.07) is 18.0. The maximum atomic E-state index is 12.8. The van der Waals surface area contributed by atoms with Crippen LogP contribution in [-0.2, 0) is 0 Å². The number of anilines is 1. The molecule has 0 saturated carbocycles. The molecule has 0 aliphatic heterocycles. The summed E-state index contributed by atoms with van der Waals surface area (Å²) in [5.41, 5.74) is 1.16. The lowest BCUT2D eigenvalue weighted by molar-refractivity contribution is 0.102. The van der Waals surface area contributed by atoms with Crippen LogP contribution in [0.5, 0.6) is 28.7 Å². The second kappa shape index (κ2) is 10.9. The molecule has 0 heterocycles. The van der Waals surface area contributed by atoms with Gasteiger partial charge in [-0.15, -0.1) is 0 Å². The van der Waals surface area contributed by atoms with E-state index < -0.39 is 0 Å². The Labute approximate surface area is 195 Å². The molecule has 1 amide bonds. The minimum absolute atomic E-state index is 0.231. The van der Waals surface area contributed by atoms with Gasteiger partial charge in [-0.1, -0.05) is 0 Å². The normalized spacial score (nSPS) is 10.3. The lowest BCUT2D eigenvalue weighted by Gasteiger charge is -2.14. The lowest BCUT2D eigenvalue weighted by atomic mass is 10.1. The second-order valence-corrected chi connectivity index (χ2v) is 7.57. The highest BCUT2D eigenvalue weighted by Gasteiger charge is 2.16. The minimum Gasteiger partial charge on any atom is -0.497 e. The lowest BCUT2D eigenvalue weighted by Crippen LogP contribution is -2.13. The summed E-state index contributed by atoms with van der Waals surface area (Å²) < 4.78 is 23.1. The molecule has 0 saturated heterocycles. The summed E-state index contributed by atoms with van der Waals surface area (Å²) in [7, 11) is 1.62. The Hall–Kier alpha value is -2.94. The minimum atomic E-state index is -0.231. The van der Waals surface area contributed by atoms with Crippen LogP contribution >= 0.6 is 22.6 Å². The van der Waals surface area contributed by atoms with Gasteiger partial charge in [-0.3, -0.25) is 4.79 Å². The first-order chi connectivity index (χ1) is 15.0. The highest BCUT2D eigenvalue weighted by Crippen LogP contribution is 2.34. The van der Waals surface area contributed by atoms with Crippen LogP contribution in [0.15, 0.2) is 60.7 Å². The van der Waals surface area contributed by atoms with E-state index in [0.717, 1.165) is 9.32 Å². The van der Waals surface area contributed by atoms with E-state index in [1.807, 2.05) is 38.1 Å². The zero-order valence-corrected chi connectivity index (χ0v) is 19.8. The van der Waals surface area contributed by atoms with E-state index in [1.165, 1.54) is 0 Å². The molecule has 0 atom stereocenters. The Morgan fingerprint density at radius 2 is 1.45 bits per heavy atom. The number of nitrogens with one attached hydrogen (secondary N) is 1. The van der Waals surface area contributed by atoms with Gasteiger partial charge in [0.2, 0.25) is 0 Å². The second-order valence-electron chi connectivity index (χ2n) is 6.41. The van der Waals surface area contributed by atoms with Gasteiger partial charge in [0.15, 0.2) is 11.5 Å². The summed E-state index contributed by atoms with van der Waals surface area (Å²) in [5, 5.41) is 2.90. The van der Waals surface area contributed by atoms with Crippen molar-refractivity contribution >= 4 is 34.2 Å². The summed E-state index contributed by atoms with van der Waals surface area (Å²) in [5.74, 6) is 3.11. The Morgan fingerprint density at radius 3 is 2.03 bits per heavy atom. The number of ether oxygens (including phenoxy) is 4. The molecular formula is C24H24INO5. The van der Waals surface area contributed by atoms with Crippen molar-refractivity contribution in [2.24, 2.45) is 0 Å².